The van der Waals surface area contributed by atoms with Crippen molar-refractivity contribution in [2.75, 3.05) is 0 Å². The molecule has 0 saturated carbocycles. The van der Waals surface area contributed by atoms with E-state index in [1.54, 1.807) is 31.2 Å². The van der Waals surface area contributed by atoms with Gasteiger partial charge in [-0.05, 0) is 66.1 Å². The van der Waals surface area contributed by atoms with E-state index in [1.165, 1.54) is 12.1 Å². The zero-order valence-corrected chi connectivity index (χ0v) is 24.1. The topological polar surface area (TPSA) is 119 Å². The third kappa shape index (κ3) is 5.18. The monoisotopic (exact) mass is 532 g/mol. The number of ether oxygens (including phenoxy) is 1. The Bertz CT molecular complexity index is 1410. The quantitative estimate of drug-likeness (QED) is 0.281. The van der Waals surface area contributed by atoms with Crippen LogP contribution in [0, 0.1) is 13.8 Å². The summed E-state index contributed by atoms with van der Waals surface area (Å²) in [4.78, 5) is 34.2. The van der Waals surface area contributed by atoms with Gasteiger partial charge >= 0.3 is 36.8 Å². The Labute approximate surface area is 233 Å². The van der Waals surface area contributed by atoms with Crippen molar-refractivity contribution in [3.8, 4) is 11.5 Å². The third-order valence-electron chi connectivity index (χ3n) is 6.66. The Hall–Kier alpha value is -2.35. The molecule has 2 atom stereocenters. The number of carbonyl (C=O) groups excluding carboxylic acids is 1. The first-order valence-electron chi connectivity index (χ1n) is 11.8. The molecule has 37 heavy (non-hydrogen) atoms. The summed E-state index contributed by atoms with van der Waals surface area (Å²) in [6, 6.07) is 13.6. The molecule has 0 spiro atoms. The second-order valence-corrected chi connectivity index (χ2v) is 11.0. The predicted molar refractivity (Wildman–Crippen MR) is 138 cm³/mol. The van der Waals surface area contributed by atoms with E-state index in [0.29, 0.717) is 38.9 Å². The first kappa shape index (κ1) is 29.2. The molecule has 0 bridgehead atoms. The second-order valence-electron chi connectivity index (χ2n) is 9.89. The standard InChI is InChI=1S/C28H31O7P.Mg/c1-15(2)21-14-24(17(5)12-25(21)35-36(31,32)33)28(23-10-8-7-9-20(23)27(30)34-28)26-18(6)11-19(29)13-22(26)16(3)4;/h7-16,29H,1-6H3,(H2,31,32,33);/q;+2/p-2. The third-order valence-corrected chi connectivity index (χ3v) is 7.08. The largest absolute Gasteiger partial charge is 2.00 e. The minimum Gasteiger partial charge on any atom is -0.872 e. The molecule has 0 aliphatic carbocycles. The fourth-order valence-electron chi connectivity index (χ4n) is 5.19. The first-order chi connectivity index (χ1) is 16.8. The maximum absolute atomic E-state index is 13.3. The minimum absolute atomic E-state index is 0. The summed E-state index contributed by atoms with van der Waals surface area (Å²) in [5, 5.41) is 12.5. The number of carbonyl (C=O) groups is 1. The van der Waals surface area contributed by atoms with E-state index in [4.69, 9.17) is 9.26 Å². The normalized spacial score (nSPS) is 18.3. The van der Waals surface area contributed by atoms with Crippen molar-refractivity contribution in [1.29, 1.82) is 0 Å². The number of hydrogen-bond donors (Lipinski definition) is 1. The van der Waals surface area contributed by atoms with Crippen LogP contribution in [0.15, 0.2) is 48.5 Å². The van der Waals surface area contributed by atoms with Crippen LogP contribution >= 0.6 is 7.82 Å². The molecular weight excluding hydrogens is 504 g/mol. The van der Waals surface area contributed by atoms with Crippen LogP contribution in [0.2, 0.25) is 0 Å². The van der Waals surface area contributed by atoms with Crippen LogP contribution in [0.5, 0.6) is 11.5 Å². The summed E-state index contributed by atoms with van der Waals surface area (Å²) in [6.07, 6.45) is 0. The maximum atomic E-state index is 13.3. The van der Waals surface area contributed by atoms with Crippen molar-refractivity contribution < 1.29 is 33.5 Å². The van der Waals surface area contributed by atoms with Crippen molar-refractivity contribution in [2.45, 2.75) is 59.0 Å². The van der Waals surface area contributed by atoms with Crippen molar-refractivity contribution in [2.24, 2.45) is 0 Å². The fraction of sp³-hybridized carbons (Fsp3) is 0.321. The van der Waals surface area contributed by atoms with Crippen molar-refractivity contribution >= 4 is 36.8 Å². The van der Waals surface area contributed by atoms with E-state index >= 15 is 0 Å². The number of esters is 1. The second kappa shape index (κ2) is 10.4. The molecule has 1 heterocycles. The van der Waals surface area contributed by atoms with E-state index in [0.717, 1.165) is 5.56 Å². The number of phosphoric ester groups is 1. The molecule has 3 aromatic rings. The van der Waals surface area contributed by atoms with E-state index < -0.39 is 19.4 Å². The molecule has 1 aliphatic heterocycles. The van der Waals surface area contributed by atoms with Gasteiger partial charge in [-0.1, -0.05) is 58.0 Å². The van der Waals surface area contributed by atoms with Gasteiger partial charge in [-0.25, -0.2) is 4.79 Å². The van der Waals surface area contributed by atoms with Gasteiger partial charge in [0.05, 0.1) is 5.56 Å². The van der Waals surface area contributed by atoms with Crippen LogP contribution < -0.4 is 14.5 Å². The number of cyclic esters (lactones) is 1. The number of benzene rings is 3. The Morgan fingerprint density at radius 1 is 0.946 bits per heavy atom. The maximum Gasteiger partial charge on any atom is 2.00 e. The molecular formula is C28H29MgO7P. The molecule has 0 saturated heterocycles. The van der Waals surface area contributed by atoms with Crippen LogP contribution in [0.1, 0.15) is 88.8 Å². The molecule has 9 heteroatoms. The Balaban J connectivity index is 0.00000380. The van der Waals surface area contributed by atoms with Crippen LogP contribution in [0.4, 0.5) is 0 Å². The molecule has 0 amide bonds. The van der Waals surface area contributed by atoms with Gasteiger partial charge in [-0.2, -0.15) is 0 Å². The summed E-state index contributed by atoms with van der Waals surface area (Å²) in [7, 11) is -5.06. The Morgan fingerprint density at radius 2 is 1.57 bits per heavy atom. The van der Waals surface area contributed by atoms with Crippen molar-refractivity contribution in [1.82, 2.24) is 0 Å². The number of fused-ring (bicyclic) bond motifs is 1. The van der Waals surface area contributed by atoms with E-state index in [-0.39, 0.29) is 46.4 Å². The zero-order chi connectivity index (χ0) is 26.6. The van der Waals surface area contributed by atoms with Crippen LogP contribution in [0.3, 0.4) is 0 Å². The smallest absolute Gasteiger partial charge is 0.872 e. The number of phosphoric acid groups is 1. The van der Waals surface area contributed by atoms with E-state index in [2.05, 4.69) is 0 Å². The molecule has 3 aromatic carbocycles. The summed E-state index contributed by atoms with van der Waals surface area (Å²) < 4.78 is 22.8. The van der Waals surface area contributed by atoms with Crippen molar-refractivity contribution in [3.05, 3.63) is 93.0 Å². The molecule has 2 unspecified atom stereocenters. The average Bonchev–Trinajstić information content (AvgIpc) is 3.05. The molecule has 7 nitrogen and oxygen atoms in total. The van der Waals surface area contributed by atoms with Gasteiger partial charge in [-0.3, -0.25) is 4.57 Å². The van der Waals surface area contributed by atoms with Gasteiger partial charge < -0.3 is 24.2 Å². The first-order valence-corrected chi connectivity index (χ1v) is 13.3. The summed E-state index contributed by atoms with van der Waals surface area (Å²) in [5.41, 5.74) is 3.56. The van der Waals surface area contributed by atoms with Crippen LogP contribution in [0.25, 0.3) is 0 Å². The predicted octanol–water partition coefficient (Wildman–Crippen LogP) is 4.54. The molecule has 0 fully saturated rings. The number of rotatable bonds is 6. The Kier molecular flexibility index (Phi) is 8.23. The average molecular weight is 533 g/mol. The van der Waals surface area contributed by atoms with Crippen molar-refractivity contribution in [3.63, 3.8) is 0 Å². The Morgan fingerprint density at radius 3 is 2.16 bits per heavy atom. The summed E-state index contributed by atoms with van der Waals surface area (Å²) >= 11 is 0. The van der Waals surface area contributed by atoms with Gasteiger partial charge in [-0.15, -0.1) is 5.75 Å². The van der Waals surface area contributed by atoms with Crippen LogP contribution in [-0.2, 0) is 14.9 Å². The molecule has 190 valence electrons. The molecule has 4 rings (SSSR count). The minimum atomic E-state index is -5.06. The van der Waals surface area contributed by atoms with Gasteiger partial charge in [0.15, 0.2) is 5.60 Å². The van der Waals surface area contributed by atoms with E-state index in [9.17, 15) is 24.3 Å². The number of aryl methyl sites for hydroxylation is 2. The summed E-state index contributed by atoms with van der Waals surface area (Å²) in [5.74, 6) is -0.856. The number of hydrogen-bond acceptors (Lipinski definition) is 6. The van der Waals surface area contributed by atoms with Crippen LogP contribution in [-0.4, -0.2) is 33.9 Å². The molecule has 1 aliphatic rings. The zero-order valence-electron chi connectivity index (χ0n) is 21.8. The van der Waals surface area contributed by atoms with Gasteiger partial charge in [0.1, 0.15) is 5.75 Å². The molecule has 0 radical (unpaired) electrons. The molecule has 1 N–H and O–H groups in total. The SMILES string of the molecule is Cc1cc(OP(=O)([O-])O)c(C(C)C)cc1C1(c2c(C)cc([O-])cc2C(C)C)OC(=O)c2ccccc21.[Mg+2]. The van der Waals surface area contributed by atoms with Gasteiger partial charge in [0.2, 0.25) is 0 Å². The summed E-state index contributed by atoms with van der Waals surface area (Å²) in [6.45, 7) is 11.3. The van der Waals surface area contributed by atoms with Gasteiger partial charge in [0, 0.05) is 16.7 Å². The molecule has 0 aromatic heterocycles. The van der Waals surface area contributed by atoms with E-state index in [1.807, 2.05) is 46.8 Å². The van der Waals surface area contributed by atoms with Gasteiger partial charge in [0.25, 0.3) is 0 Å². The fourth-order valence-corrected chi connectivity index (χ4v) is 5.59.